The summed E-state index contributed by atoms with van der Waals surface area (Å²) in [5.74, 6) is 0.893. The van der Waals surface area contributed by atoms with Gasteiger partial charge in [0.1, 0.15) is 0 Å². The molecule has 0 saturated carbocycles. The quantitative estimate of drug-likeness (QED) is 0.860. The molecule has 23 heavy (non-hydrogen) atoms. The summed E-state index contributed by atoms with van der Waals surface area (Å²) in [6.07, 6.45) is 0. The molecule has 1 aliphatic rings. The maximum Gasteiger partial charge on any atom is 0.274 e. The Morgan fingerprint density at radius 2 is 1.91 bits per heavy atom. The lowest BCUT2D eigenvalue weighted by Gasteiger charge is -2.24. The molecule has 0 N–H and O–H groups in total. The molecule has 0 spiro atoms. The highest BCUT2D eigenvalue weighted by Crippen LogP contribution is 2.26. The first-order chi connectivity index (χ1) is 10.5. The van der Waals surface area contributed by atoms with Crippen LogP contribution in [0, 0.1) is 5.92 Å². The minimum Gasteiger partial charge on any atom is -0.335 e. The molecule has 1 fully saturated rings. The van der Waals surface area contributed by atoms with Crippen LogP contribution in [0.5, 0.6) is 0 Å². The van der Waals surface area contributed by atoms with Crippen molar-refractivity contribution in [2.24, 2.45) is 5.92 Å². The van der Waals surface area contributed by atoms with Crippen LogP contribution in [-0.2, 0) is 5.54 Å². The smallest absolute Gasteiger partial charge is 0.274 e. The third kappa shape index (κ3) is 3.60. The fourth-order valence-corrected chi connectivity index (χ4v) is 3.40. The summed E-state index contributed by atoms with van der Waals surface area (Å²) < 4.78 is 2.01. The number of carbonyl (C=O) groups is 1. The highest BCUT2D eigenvalue weighted by molar-refractivity contribution is 5.92. The molecule has 2 rings (SSSR count). The van der Waals surface area contributed by atoms with E-state index in [1.54, 1.807) is 0 Å². The predicted molar refractivity (Wildman–Crippen MR) is 93.9 cm³/mol. The van der Waals surface area contributed by atoms with Gasteiger partial charge in [-0.3, -0.25) is 9.48 Å². The van der Waals surface area contributed by atoms with Crippen LogP contribution in [0.4, 0.5) is 0 Å². The molecule has 1 aromatic heterocycles. The van der Waals surface area contributed by atoms with Crippen molar-refractivity contribution in [1.29, 1.82) is 0 Å². The Balaban J connectivity index is 2.27. The maximum atomic E-state index is 12.9. The number of aromatic nitrogens is 2. The lowest BCUT2D eigenvalue weighted by Crippen LogP contribution is -2.36. The number of likely N-dealkylation sites (N-methyl/N-ethyl adjacent to an activating group) is 1. The lowest BCUT2D eigenvalue weighted by atomic mass is 10.1. The second-order valence-electron chi connectivity index (χ2n) is 8.41. The van der Waals surface area contributed by atoms with E-state index in [0.29, 0.717) is 23.6 Å². The maximum absolute atomic E-state index is 12.9. The Hall–Kier alpha value is -1.36. The molecule has 1 amide bonds. The molecule has 1 aromatic rings. The van der Waals surface area contributed by atoms with Crippen molar-refractivity contribution in [3.63, 3.8) is 0 Å². The van der Waals surface area contributed by atoms with Gasteiger partial charge in [-0.25, -0.2) is 0 Å². The van der Waals surface area contributed by atoms with Crippen molar-refractivity contribution in [1.82, 2.24) is 19.6 Å². The number of amides is 1. The van der Waals surface area contributed by atoms with Crippen LogP contribution in [-0.4, -0.2) is 58.7 Å². The Bertz CT molecular complexity index is 568. The van der Waals surface area contributed by atoms with Gasteiger partial charge in [0, 0.05) is 24.8 Å². The minimum atomic E-state index is -0.122. The molecule has 1 saturated heterocycles. The van der Waals surface area contributed by atoms with Crippen LogP contribution in [0.2, 0.25) is 0 Å². The van der Waals surface area contributed by atoms with E-state index < -0.39 is 0 Å². The summed E-state index contributed by atoms with van der Waals surface area (Å²) >= 11 is 0. The number of hydrogen-bond acceptors (Lipinski definition) is 3. The molecule has 2 heterocycles. The fourth-order valence-electron chi connectivity index (χ4n) is 3.40. The van der Waals surface area contributed by atoms with E-state index in [1.165, 1.54) is 0 Å². The van der Waals surface area contributed by atoms with Gasteiger partial charge in [-0.1, -0.05) is 20.8 Å². The van der Waals surface area contributed by atoms with E-state index in [9.17, 15) is 4.79 Å². The van der Waals surface area contributed by atoms with Crippen molar-refractivity contribution in [3.05, 3.63) is 17.5 Å². The van der Waals surface area contributed by atoms with E-state index in [-0.39, 0.29) is 11.4 Å². The highest BCUT2D eigenvalue weighted by atomic mass is 16.2. The van der Waals surface area contributed by atoms with Gasteiger partial charge in [0.15, 0.2) is 5.69 Å². The molecule has 5 nitrogen and oxygen atoms in total. The van der Waals surface area contributed by atoms with Crippen LogP contribution < -0.4 is 0 Å². The zero-order valence-electron chi connectivity index (χ0n) is 15.9. The van der Waals surface area contributed by atoms with Crippen molar-refractivity contribution in [2.45, 2.75) is 59.0 Å². The Morgan fingerprint density at radius 1 is 1.30 bits per heavy atom. The summed E-state index contributed by atoms with van der Waals surface area (Å²) in [7, 11) is 4.17. The van der Waals surface area contributed by atoms with Crippen molar-refractivity contribution >= 4 is 5.91 Å². The van der Waals surface area contributed by atoms with E-state index in [2.05, 4.69) is 65.6 Å². The molecular formula is C18H32N4O. The minimum absolute atomic E-state index is 0.0612. The topological polar surface area (TPSA) is 41.4 Å². The lowest BCUT2D eigenvalue weighted by molar-refractivity contribution is 0.0774. The summed E-state index contributed by atoms with van der Waals surface area (Å²) in [6.45, 7) is 14.5. The number of rotatable bonds is 3. The third-order valence-electron chi connectivity index (χ3n) is 4.71. The number of nitrogens with zero attached hydrogens (tertiary/aromatic N) is 4. The molecular weight excluding hydrogens is 288 g/mol. The van der Waals surface area contributed by atoms with Crippen molar-refractivity contribution in [3.8, 4) is 0 Å². The Kier molecular flexibility index (Phi) is 4.90. The second kappa shape index (κ2) is 6.27. The first kappa shape index (κ1) is 18.0. The molecule has 0 aromatic carbocycles. The molecule has 0 bridgehead atoms. The predicted octanol–water partition coefficient (Wildman–Crippen LogP) is 2.78. The van der Waals surface area contributed by atoms with Gasteiger partial charge in [-0.2, -0.15) is 5.10 Å². The fraction of sp³-hybridized carbons (Fsp3) is 0.778. The number of likely N-dealkylation sites (tertiary alicyclic amines) is 1. The standard InChI is InChI=1S/C18H32N4O/c1-12(2)15-9-14(19-22(15)18(4,5)6)17(23)21-10-13(3)16(11-21)20(7)8/h9,12-13,16H,10-11H2,1-8H3/t13-,16+/m1/s1. The van der Waals surface area contributed by atoms with Gasteiger partial charge in [-0.15, -0.1) is 0 Å². The molecule has 130 valence electrons. The van der Waals surface area contributed by atoms with Gasteiger partial charge >= 0.3 is 0 Å². The van der Waals surface area contributed by atoms with Gasteiger partial charge in [0.25, 0.3) is 5.91 Å². The van der Waals surface area contributed by atoms with Crippen molar-refractivity contribution in [2.75, 3.05) is 27.2 Å². The summed E-state index contributed by atoms with van der Waals surface area (Å²) in [6, 6.07) is 2.40. The first-order valence-electron chi connectivity index (χ1n) is 8.58. The van der Waals surface area contributed by atoms with Crippen LogP contribution in [0.3, 0.4) is 0 Å². The summed E-state index contributed by atoms with van der Waals surface area (Å²) in [5, 5.41) is 4.65. The third-order valence-corrected chi connectivity index (χ3v) is 4.71. The Labute approximate surface area is 140 Å². The molecule has 0 unspecified atom stereocenters. The average Bonchev–Trinajstić information content (AvgIpc) is 3.00. The van der Waals surface area contributed by atoms with E-state index in [0.717, 1.165) is 18.8 Å². The van der Waals surface area contributed by atoms with Crippen LogP contribution >= 0.6 is 0 Å². The Morgan fingerprint density at radius 3 is 2.30 bits per heavy atom. The molecule has 0 radical (unpaired) electrons. The van der Waals surface area contributed by atoms with Crippen LogP contribution in [0.15, 0.2) is 6.07 Å². The second-order valence-corrected chi connectivity index (χ2v) is 8.41. The molecule has 1 aliphatic heterocycles. The zero-order chi connectivity index (χ0) is 17.5. The van der Waals surface area contributed by atoms with Gasteiger partial charge in [0.2, 0.25) is 0 Å². The zero-order valence-corrected chi connectivity index (χ0v) is 15.9. The van der Waals surface area contributed by atoms with Crippen LogP contribution in [0.1, 0.15) is 63.6 Å². The first-order valence-corrected chi connectivity index (χ1v) is 8.58. The van der Waals surface area contributed by atoms with Gasteiger partial charge in [0.05, 0.1) is 5.54 Å². The molecule has 0 aliphatic carbocycles. The van der Waals surface area contributed by atoms with Crippen LogP contribution in [0.25, 0.3) is 0 Å². The largest absolute Gasteiger partial charge is 0.335 e. The summed E-state index contributed by atoms with van der Waals surface area (Å²) in [5.41, 5.74) is 1.58. The SMILES string of the molecule is CC(C)c1cc(C(=O)N2C[C@@H](C)[C@@H](N(C)C)C2)nn1C(C)(C)C. The van der Waals surface area contributed by atoms with E-state index in [4.69, 9.17) is 0 Å². The number of carbonyl (C=O) groups excluding carboxylic acids is 1. The molecule has 5 heteroatoms. The van der Waals surface area contributed by atoms with Gasteiger partial charge < -0.3 is 9.80 Å². The van der Waals surface area contributed by atoms with E-state index in [1.807, 2.05) is 15.6 Å². The highest BCUT2D eigenvalue weighted by Gasteiger charge is 2.35. The molecule has 2 atom stereocenters. The van der Waals surface area contributed by atoms with Gasteiger partial charge in [-0.05, 0) is 52.8 Å². The summed E-state index contributed by atoms with van der Waals surface area (Å²) in [4.78, 5) is 17.1. The van der Waals surface area contributed by atoms with E-state index >= 15 is 0 Å². The normalized spacial score (nSPS) is 22.4. The average molecular weight is 320 g/mol. The monoisotopic (exact) mass is 320 g/mol. The number of hydrogen-bond donors (Lipinski definition) is 0. The van der Waals surface area contributed by atoms with Crippen molar-refractivity contribution < 1.29 is 4.79 Å².